The molecule has 1 N–H and O–H groups in total. The lowest BCUT2D eigenvalue weighted by atomic mass is 10.0. The van der Waals surface area contributed by atoms with Gasteiger partial charge in [0.1, 0.15) is 0 Å². The van der Waals surface area contributed by atoms with E-state index in [1.807, 2.05) is 13.0 Å². The Balaban J connectivity index is 1.90. The number of halogens is 1. The second-order valence-electron chi connectivity index (χ2n) is 6.95. The number of fused-ring (bicyclic) bond motifs is 1. The molecule has 0 fully saturated rings. The van der Waals surface area contributed by atoms with Gasteiger partial charge in [0, 0.05) is 23.5 Å². The molecule has 2 aromatic rings. The molecule has 136 valence electrons. The number of aromatic nitrogens is 2. The van der Waals surface area contributed by atoms with Crippen LogP contribution in [0.15, 0.2) is 33.8 Å². The molecule has 5 nitrogen and oxygen atoms in total. The van der Waals surface area contributed by atoms with Crippen molar-refractivity contribution in [2.24, 2.45) is 5.92 Å². The monoisotopic (exact) mass is 407 g/mol. The average molecular weight is 408 g/mol. The van der Waals surface area contributed by atoms with Crippen LogP contribution in [0.5, 0.6) is 0 Å². The number of benzene rings is 1. The summed E-state index contributed by atoms with van der Waals surface area (Å²) >= 11 is 3.37. The smallest absolute Gasteiger partial charge is 0.261 e. The summed E-state index contributed by atoms with van der Waals surface area (Å²) in [7, 11) is 0. The Morgan fingerprint density at radius 3 is 2.76 bits per heavy atom. The van der Waals surface area contributed by atoms with Crippen molar-refractivity contribution in [1.82, 2.24) is 14.9 Å². The van der Waals surface area contributed by atoms with Crippen LogP contribution < -0.4 is 10.9 Å². The van der Waals surface area contributed by atoms with E-state index < -0.39 is 0 Å². The highest BCUT2D eigenvalue weighted by Crippen LogP contribution is 2.14. The summed E-state index contributed by atoms with van der Waals surface area (Å²) in [5.74, 6) is 0.661. The van der Waals surface area contributed by atoms with Crippen LogP contribution in [-0.4, -0.2) is 21.5 Å². The minimum absolute atomic E-state index is 0.0294. The molecule has 0 aliphatic heterocycles. The standard InChI is InChI=1S/C19H26BrN3O2/c1-13(2)5-4-6-14(3)22-18(24)9-10-23-12-21-17-8-7-15(20)11-16(17)19(23)25/h7-8,11-14H,4-6,9-10H2,1-3H3,(H,22,24)/t14-/m0/s1. The molecule has 1 atom stereocenters. The lowest BCUT2D eigenvalue weighted by molar-refractivity contribution is -0.121. The van der Waals surface area contributed by atoms with Crippen LogP contribution >= 0.6 is 15.9 Å². The maximum atomic E-state index is 12.5. The molecule has 0 spiro atoms. The highest BCUT2D eigenvalue weighted by atomic mass is 79.9. The summed E-state index contributed by atoms with van der Waals surface area (Å²) in [5, 5.41) is 3.56. The van der Waals surface area contributed by atoms with Gasteiger partial charge >= 0.3 is 0 Å². The lowest BCUT2D eigenvalue weighted by Crippen LogP contribution is -2.34. The van der Waals surface area contributed by atoms with Crippen molar-refractivity contribution >= 4 is 32.7 Å². The van der Waals surface area contributed by atoms with Crippen LogP contribution in [0, 0.1) is 5.92 Å². The van der Waals surface area contributed by atoms with Gasteiger partial charge < -0.3 is 5.32 Å². The van der Waals surface area contributed by atoms with E-state index in [-0.39, 0.29) is 23.9 Å². The second-order valence-corrected chi connectivity index (χ2v) is 7.86. The first-order chi connectivity index (χ1) is 11.9. The molecule has 1 aromatic carbocycles. The summed E-state index contributed by atoms with van der Waals surface area (Å²) in [6.07, 6.45) is 5.05. The molecule has 0 unspecified atom stereocenters. The molecular weight excluding hydrogens is 382 g/mol. The van der Waals surface area contributed by atoms with E-state index in [1.165, 1.54) is 17.3 Å². The zero-order chi connectivity index (χ0) is 18.4. The van der Waals surface area contributed by atoms with Crippen LogP contribution in [0.1, 0.15) is 46.5 Å². The summed E-state index contributed by atoms with van der Waals surface area (Å²) in [6, 6.07) is 5.58. The summed E-state index contributed by atoms with van der Waals surface area (Å²) in [5.41, 5.74) is 0.539. The lowest BCUT2D eigenvalue weighted by Gasteiger charge is -2.15. The number of nitrogens with zero attached hydrogens (tertiary/aromatic N) is 2. The van der Waals surface area contributed by atoms with Crippen molar-refractivity contribution in [2.45, 2.75) is 59.0 Å². The van der Waals surface area contributed by atoms with Gasteiger partial charge in [-0.3, -0.25) is 14.2 Å². The first-order valence-corrected chi connectivity index (χ1v) is 9.60. The molecule has 0 radical (unpaired) electrons. The Morgan fingerprint density at radius 1 is 1.28 bits per heavy atom. The van der Waals surface area contributed by atoms with Crippen LogP contribution in [0.25, 0.3) is 10.9 Å². The molecule has 0 aliphatic carbocycles. The van der Waals surface area contributed by atoms with Crippen molar-refractivity contribution in [3.05, 3.63) is 39.4 Å². The highest BCUT2D eigenvalue weighted by molar-refractivity contribution is 9.10. The summed E-state index contributed by atoms with van der Waals surface area (Å²) < 4.78 is 2.34. The predicted octanol–water partition coefficient (Wildman–Crippen LogP) is 3.88. The van der Waals surface area contributed by atoms with Crippen molar-refractivity contribution in [2.75, 3.05) is 0 Å². The Hall–Kier alpha value is -1.69. The average Bonchev–Trinajstić information content (AvgIpc) is 2.54. The molecule has 0 bridgehead atoms. The van der Waals surface area contributed by atoms with E-state index in [9.17, 15) is 9.59 Å². The minimum Gasteiger partial charge on any atom is -0.354 e. The SMILES string of the molecule is CC(C)CCC[C@H](C)NC(=O)CCn1cnc2ccc(Br)cc2c1=O. The molecule has 1 aromatic heterocycles. The van der Waals surface area contributed by atoms with E-state index >= 15 is 0 Å². The molecule has 0 saturated carbocycles. The van der Waals surface area contributed by atoms with Gasteiger partial charge in [-0.1, -0.05) is 42.6 Å². The Kier molecular flexibility index (Phi) is 7.17. The van der Waals surface area contributed by atoms with E-state index in [2.05, 4.69) is 40.1 Å². The van der Waals surface area contributed by atoms with Gasteiger partial charge in [0.2, 0.25) is 5.91 Å². The first-order valence-electron chi connectivity index (χ1n) is 8.81. The maximum absolute atomic E-state index is 12.5. The molecule has 1 amide bonds. The van der Waals surface area contributed by atoms with Crippen molar-refractivity contribution < 1.29 is 4.79 Å². The number of carbonyl (C=O) groups excluding carboxylic acids is 1. The van der Waals surface area contributed by atoms with Gasteiger partial charge in [-0.15, -0.1) is 0 Å². The van der Waals surface area contributed by atoms with Crippen LogP contribution in [0.2, 0.25) is 0 Å². The molecule has 25 heavy (non-hydrogen) atoms. The van der Waals surface area contributed by atoms with E-state index in [4.69, 9.17) is 0 Å². The fraction of sp³-hybridized carbons (Fsp3) is 0.526. The number of carbonyl (C=O) groups is 1. The third kappa shape index (κ3) is 5.96. The number of hydrogen-bond donors (Lipinski definition) is 1. The van der Waals surface area contributed by atoms with Gasteiger partial charge in [-0.2, -0.15) is 0 Å². The fourth-order valence-electron chi connectivity index (χ4n) is 2.76. The topological polar surface area (TPSA) is 64.0 Å². The number of hydrogen-bond acceptors (Lipinski definition) is 3. The Morgan fingerprint density at radius 2 is 2.04 bits per heavy atom. The fourth-order valence-corrected chi connectivity index (χ4v) is 3.12. The maximum Gasteiger partial charge on any atom is 0.261 e. The molecular formula is C19H26BrN3O2. The van der Waals surface area contributed by atoms with Gasteiger partial charge in [0.15, 0.2) is 0 Å². The van der Waals surface area contributed by atoms with E-state index in [1.54, 1.807) is 12.1 Å². The van der Waals surface area contributed by atoms with Crippen molar-refractivity contribution in [3.8, 4) is 0 Å². The second kappa shape index (κ2) is 9.13. The predicted molar refractivity (Wildman–Crippen MR) is 105 cm³/mol. The number of nitrogens with one attached hydrogen (secondary N) is 1. The highest BCUT2D eigenvalue weighted by Gasteiger charge is 2.10. The number of aryl methyl sites for hydroxylation is 1. The van der Waals surface area contributed by atoms with E-state index in [0.29, 0.717) is 23.4 Å². The molecule has 0 saturated heterocycles. The zero-order valence-electron chi connectivity index (χ0n) is 15.1. The first kappa shape index (κ1) is 19.6. The zero-order valence-corrected chi connectivity index (χ0v) is 16.7. The number of rotatable bonds is 8. The van der Waals surface area contributed by atoms with Crippen LogP contribution in [-0.2, 0) is 11.3 Å². The molecule has 2 rings (SSSR count). The van der Waals surface area contributed by atoms with Crippen molar-refractivity contribution in [1.29, 1.82) is 0 Å². The third-order valence-corrected chi connectivity index (χ3v) is 4.69. The summed E-state index contributed by atoms with van der Waals surface area (Å²) in [6.45, 7) is 6.77. The largest absolute Gasteiger partial charge is 0.354 e. The quantitative estimate of drug-likeness (QED) is 0.721. The van der Waals surface area contributed by atoms with Crippen molar-refractivity contribution in [3.63, 3.8) is 0 Å². The molecule has 0 aliphatic rings. The minimum atomic E-state index is -0.121. The Labute approximate surface area is 157 Å². The van der Waals surface area contributed by atoms with Gasteiger partial charge in [-0.05, 0) is 37.5 Å². The van der Waals surface area contributed by atoms with Crippen LogP contribution in [0.4, 0.5) is 0 Å². The van der Waals surface area contributed by atoms with E-state index in [0.717, 1.165) is 17.3 Å². The van der Waals surface area contributed by atoms with Crippen LogP contribution in [0.3, 0.4) is 0 Å². The summed E-state index contributed by atoms with van der Waals surface area (Å²) in [4.78, 5) is 28.9. The third-order valence-electron chi connectivity index (χ3n) is 4.19. The normalized spacial score (nSPS) is 12.5. The number of amides is 1. The molecule has 1 heterocycles. The van der Waals surface area contributed by atoms with Gasteiger partial charge in [-0.25, -0.2) is 4.98 Å². The Bertz CT molecular complexity index is 786. The molecule has 6 heteroatoms. The van der Waals surface area contributed by atoms with Gasteiger partial charge in [0.25, 0.3) is 5.56 Å². The van der Waals surface area contributed by atoms with Gasteiger partial charge in [0.05, 0.1) is 17.2 Å².